The van der Waals surface area contributed by atoms with Gasteiger partial charge in [0.25, 0.3) is 0 Å². The third-order valence-electron chi connectivity index (χ3n) is 1.62. The summed E-state index contributed by atoms with van der Waals surface area (Å²) in [6.07, 6.45) is 0. The number of para-hydroxylation sites is 1. The molecular weight excluding hydrogens is 152 g/mol. The summed E-state index contributed by atoms with van der Waals surface area (Å²) < 4.78 is 4.91. The third kappa shape index (κ3) is 2.53. The van der Waals surface area contributed by atoms with E-state index in [4.69, 9.17) is 10.6 Å². The minimum absolute atomic E-state index is 0.644. The molecule has 0 heterocycles. The fraction of sp³-hybridized carbons (Fsp3) is 0.333. The molecule has 0 bridgehead atoms. The smallest absolute Gasteiger partial charge is 0.0653 e. The van der Waals surface area contributed by atoms with Gasteiger partial charge in [-0.05, 0) is 12.1 Å². The first kappa shape index (κ1) is 9.03. The number of methoxy groups -OCH3 is 1. The fourth-order valence-electron chi connectivity index (χ4n) is 0.938. The fourth-order valence-corrected chi connectivity index (χ4v) is 0.938. The van der Waals surface area contributed by atoms with Crippen LogP contribution in [0.2, 0.25) is 0 Å². The molecule has 0 aliphatic rings. The summed E-state index contributed by atoms with van der Waals surface area (Å²) in [6, 6.07) is 9.82. The first-order valence-corrected chi connectivity index (χ1v) is 3.91. The lowest BCUT2D eigenvalue weighted by Crippen LogP contribution is -2.33. The van der Waals surface area contributed by atoms with Gasteiger partial charge >= 0.3 is 0 Å². The van der Waals surface area contributed by atoms with E-state index in [1.807, 2.05) is 30.3 Å². The van der Waals surface area contributed by atoms with Gasteiger partial charge in [-0.1, -0.05) is 18.2 Å². The minimum atomic E-state index is 0.644. The van der Waals surface area contributed by atoms with Crippen LogP contribution >= 0.6 is 0 Å². The molecule has 0 aromatic heterocycles. The van der Waals surface area contributed by atoms with Crippen molar-refractivity contribution in [2.24, 2.45) is 5.84 Å². The Morgan fingerprint density at radius 1 is 1.33 bits per heavy atom. The van der Waals surface area contributed by atoms with Crippen LogP contribution in [0.3, 0.4) is 0 Å². The molecular formula is C9H14N2O. The van der Waals surface area contributed by atoms with Gasteiger partial charge in [0, 0.05) is 7.11 Å². The lowest BCUT2D eigenvalue weighted by atomic mass is 10.3. The molecule has 3 heteroatoms. The van der Waals surface area contributed by atoms with Gasteiger partial charge < -0.3 is 9.75 Å². The maximum absolute atomic E-state index is 5.73. The number of hydrogen-bond donors (Lipinski definition) is 1. The number of hydrazine groups is 1. The maximum Gasteiger partial charge on any atom is 0.0653 e. The molecule has 0 unspecified atom stereocenters. The number of anilines is 1. The predicted molar refractivity (Wildman–Crippen MR) is 49.9 cm³/mol. The highest BCUT2D eigenvalue weighted by Gasteiger charge is 1.97. The molecule has 3 nitrogen and oxygen atoms in total. The highest BCUT2D eigenvalue weighted by atomic mass is 16.5. The van der Waals surface area contributed by atoms with Gasteiger partial charge in [0.2, 0.25) is 0 Å². The Kier molecular flexibility index (Phi) is 3.57. The standard InChI is InChI=1S/C9H14N2O/c1-12-8-7-11(10)9-5-3-2-4-6-9/h2-6H,7-8,10H2,1H3. The molecule has 0 aliphatic carbocycles. The zero-order chi connectivity index (χ0) is 8.81. The number of nitrogens with two attached hydrogens (primary N) is 1. The number of rotatable bonds is 4. The number of hydrogen-bond acceptors (Lipinski definition) is 3. The summed E-state index contributed by atoms with van der Waals surface area (Å²) in [6.45, 7) is 1.35. The molecule has 0 atom stereocenters. The maximum atomic E-state index is 5.73. The molecule has 0 saturated carbocycles. The average molecular weight is 166 g/mol. The van der Waals surface area contributed by atoms with Crippen molar-refractivity contribution in [3.8, 4) is 0 Å². The summed E-state index contributed by atoms with van der Waals surface area (Å²) in [4.78, 5) is 0. The van der Waals surface area contributed by atoms with Crippen LogP contribution in [0.1, 0.15) is 0 Å². The van der Waals surface area contributed by atoms with E-state index in [9.17, 15) is 0 Å². The topological polar surface area (TPSA) is 38.5 Å². The van der Waals surface area contributed by atoms with Crippen LogP contribution in [0, 0.1) is 0 Å². The number of benzene rings is 1. The van der Waals surface area contributed by atoms with Crippen molar-refractivity contribution in [1.29, 1.82) is 0 Å². The second-order valence-electron chi connectivity index (χ2n) is 2.52. The Morgan fingerprint density at radius 2 is 2.00 bits per heavy atom. The first-order chi connectivity index (χ1) is 5.84. The van der Waals surface area contributed by atoms with E-state index in [0.29, 0.717) is 13.2 Å². The van der Waals surface area contributed by atoms with Gasteiger partial charge in [-0.25, -0.2) is 5.84 Å². The van der Waals surface area contributed by atoms with Gasteiger partial charge in [-0.2, -0.15) is 0 Å². The molecule has 0 aliphatic heterocycles. The summed E-state index contributed by atoms with van der Waals surface area (Å²) in [5.74, 6) is 5.73. The Hall–Kier alpha value is -1.06. The summed E-state index contributed by atoms with van der Waals surface area (Å²) >= 11 is 0. The lowest BCUT2D eigenvalue weighted by Gasteiger charge is -2.17. The molecule has 0 fully saturated rings. The first-order valence-electron chi connectivity index (χ1n) is 3.91. The molecule has 2 N–H and O–H groups in total. The summed E-state index contributed by atoms with van der Waals surface area (Å²) in [7, 11) is 1.67. The molecule has 1 aromatic rings. The zero-order valence-electron chi connectivity index (χ0n) is 7.23. The molecule has 12 heavy (non-hydrogen) atoms. The molecule has 0 saturated heterocycles. The van der Waals surface area contributed by atoms with Crippen LogP contribution in [0.15, 0.2) is 30.3 Å². The van der Waals surface area contributed by atoms with Crippen molar-refractivity contribution >= 4 is 5.69 Å². The Balaban J connectivity index is 2.48. The van der Waals surface area contributed by atoms with Crippen molar-refractivity contribution in [3.05, 3.63) is 30.3 Å². The summed E-state index contributed by atoms with van der Waals surface area (Å²) in [5, 5.41) is 1.67. The molecule has 1 aromatic carbocycles. The van der Waals surface area contributed by atoms with Crippen LogP contribution in [0.5, 0.6) is 0 Å². The highest BCUT2D eigenvalue weighted by molar-refractivity contribution is 5.43. The van der Waals surface area contributed by atoms with E-state index in [1.165, 1.54) is 0 Å². The van der Waals surface area contributed by atoms with Crippen LogP contribution in [0.4, 0.5) is 5.69 Å². The highest BCUT2D eigenvalue weighted by Crippen LogP contribution is 2.07. The van der Waals surface area contributed by atoms with Crippen molar-refractivity contribution < 1.29 is 4.74 Å². The summed E-state index contributed by atoms with van der Waals surface area (Å²) in [5.41, 5.74) is 1.01. The monoisotopic (exact) mass is 166 g/mol. The largest absolute Gasteiger partial charge is 0.383 e. The Labute approximate surface area is 72.7 Å². The van der Waals surface area contributed by atoms with Gasteiger partial charge in [0.15, 0.2) is 0 Å². The predicted octanol–water partition coefficient (Wildman–Crippen LogP) is 1.01. The van der Waals surface area contributed by atoms with E-state index in [0.717, 1.165) is 5.69 Å². The quantitative estimate of drug-likeness (QED) is 0.536. The van der Waals surface area contributed by atoms with Crippen molar-refractivity contribution in [2.75, 3.05) is 25.3 Å². The van der Waals surface area contributed by atoms with E-state index < -0.39 is 0 Å². The van der Waals surface area contributed by atoms with E-state index in [2.05, 4.69) is 0 Å². The van der Waals surface area contributed by atoms with Gasteiger partial charge in [0.1, 0.15) is 0 Å². The average Bonchev–Trinajstić information content (AvgIpc) is 2.15. The zero-order valence-corrected chi connectivity index (χ0v) is 7.23. The van der Waals surface area contributed by atoms with Crippen molar-refractivity contribution in [2.45, 2.75) is 0 Å². The minimum Gasteiger partial charge on any atom is -0.383 e. The lowest BCUT2D eigenvalue weighted by molar-refractivity contribution is 0.205. The van der Waals surface area contributed by atoms with E-state index in [1.54, 1.807) is 12.1 Å². The molecule has 66 valence electrons. The molecule has 0 spiro atoms. The van der Waals surface area contributed by atoms with Crippen LogP contribution in [-0.4, -0.2) is 20.3 Å². The second kappa shape index (κ2) is 4.74. The third-order valence-corrected chi connectivity index (χ3v) is 1.62. The van der Waals surface area contributed by atoms with Gasteiger partial charge in [0.05, 0.1) is 18.8 Å². The Morgan fingerprint density at radius 3 is 2.58 bits per heavy atom. The van der Waals surface area contributed by atoms with Gasteiger partial charge in [-0.3, -0.25) is 0 Å². The van der Waals surface area contributed by atoms with E-state index >= 15 is 0 Å². The number of nitrogens with zero attached hydrogens (tertiary/aromatic N) is 1. The van der Waals surface area contributed by atoms with Gasteiger partial charge in [-0.15, -0.1) is 0 Å². The van der Waals surface area contributed by atoms with Crippen LogP contribution in [0.25, 0.3) is 0 Å². The van der Waals surface area contributed by atoms with Crippen LogP contribution in [-0.2, 0) is 4.74 Å². The molecule has 0 radical (unpaired) electrons. The van der Waals surface area contributed by atoms with Crippen molar-refractivity contribution in [3.63, 3.8) is 0 Å². The molecule has 1 rings (SSSR count). The number of ether oxygens (including phenoxy) is 1. The van der Waals surface area contributed by atoms with Crippen molar-refractivity contribution in [1.82, 2.24) is 0 Å². The SMILES string of the molecule is COCCN(N)c1ccccc1. The molecule has 0 amide bonds. The van der Waals surface area contributed by atoms with Crippen LogP contribution < -0.4 is 10.9 Å². The van der Waals surface area contributed by atoms with E-state index in [-0.39, 0.29) is 0 Å². The Bertz CT molecular complexity index is 213. The second-order valence-corrected chi connectivity index (χ2v) is 2.52. The normalized spacial score (nSPS) is 9.83.